The molecule has 31 heavy (non-hydrogen) atoms. The van der Waals surface area contributed by atoms with Crippen LogP contribution in [0.4, 0.5) is 0 Å². The zero-order valence-electron chi connectivity index (χ0n) is 18.1. The third-order valence-corrected chi connectivity index (χ3v) is 6.19. The van der Waals surface area contributed by atoms with Gasteiger partial charge >= 0.3 is 5.97 Å². The lowest BCUT2D eigenvalue weighted by Crippen LogP contribution is -2.39. The first-order chi connectivity index (χ1) is 15.0. The number of benzene rings is 1. The monoisotopic (exact) mass is 427 g/mol. The number of ketones is 1. The molecule has 1 aromatic carbocycles. The summed E-state index contributed by atoms with van der Waals surface area (Å²) in [5.41, 5.74) is 2.53. The van der Waals surface area contributed by atoms with Crippen molar-refractivity contribution in [3.63, 3.8) is 0 Å². The second-order valence-corrected chi connectivity index (χ2v) is 8.27. The van der Waals surface area contributed by atoms with Crippen molar-refractivity contribution in [2.24, 2.45) is 10.9 Å². The first-order valence-corrected chi connectivity index (χ1v) is 11.0. The maximum atomic E-state index is 13.2. The van der Waals surface area contributed by atoms with Crippen LogP contribution in [0.2, 0.25) is 0 Å². The highest BCUT2D eigenvalue weighted by Crippen LogP contribution is 2.44. The van der Waals surface area contributed by atoms with Gasteiger partial charge in [0.05, 0.1) is 24.2 Å². The van der Waals surface area contributed by atoms with Gasteiger partial charge in [0.25, 0.3) is 0 Å². The number of ether oxygens (including phenoxy) is 3. The normalized spacial score (nSPS) is 25.8. The van der Waals surface area contributed by atoms with E-state index < -0.39 is 17.8 Å². The second kappa shape index (κ2) is 9.22. The molecule has 166 valence electrons. The summed E-state index contributed by atoms with van der Waals surface area (Å²) in [6.45, 7) is 4.89. The fourth-order valence-corrected chi connectivity index (χ4v) is 4.76. The maximum Gasteiger partial charge on any atom is 0.336 e. The molecule has 4 rings (SSSR count). The largest absolute Gasteiger partial charge is 0.504 e. The molecule has 1 unspecified atom stereocenters. The van der Waals surface area contributed by atoms with E-state index in [1.165, 1.54) is 0 Å². The van der Waals surface area contributed by atoms with Gasteiger partial charge in [0, 0.05) is 30.4 Å². The van der Waals surface area contributed by atoms with Gasteiger partial charge in [-0.1, -0.05) is 6.07 Å². The molecule has 7 heteroatoms. The maximum absolute atomic E-state index is 13.2. The topological polar surface area (TPSA) is 94.4 Å². The number of hydrogen-bond acceptors (Lipinski definition) is 7. The summed E-state index contributed by atoms with van der Waals surface area (Å²) in [6.07, 6.45) is 3.72. The lowest BCUT2D eigenvalue weighted by Gasteiger charge is -2.35. The molecule has 2 heterocycles. The molecule has 3 aliphatic rings. The van der Waals surface area contributed by atoms with Crippen molar-refractivity contribution in [3.05, 3.63) is 35.0 Å². The summed E-state index contributed by atoms with van der Waals surface area (Å²) in [6, 6.07) is 5.01. The molecular formula is C24H29NO6. The number of phenols is 1. The summed E-state index contributed by atoms with van der Waals surface area (Å²) < 4.78 is 16.7. The number of hydrogen-bond donors (Lipinski definition) is 1. The van der Waals surface area contributed by atoms with E-state index in [1.807, 2.05) is 6.92 Å². The number of esters is 1. The van der Waals surface area contributed by atoms with Crippen LogP contribution >= 0.6 is 0 Å². The number of aliphatic imine (C=N–C) groups is 1. The Morgan fingerprint density at radius 3 is 2.84 bits per heavy atom. The van der Waals surface area contributed by atoms with E-state index in [9.17, 15) is 14.7 Å². The second-order valence-electron chi connectivity index (χ2n) is 8.27. The molecule has 0 spiro atoms. The Morgan fingerprint density at radius 2 is 2.10 bits per heavy atom. The van der Waals surface area contributed by atoms with E-state index in [4.69, 9.17) is 14.2 Å². The Labute approximate surface area is 182 Å². The van der Waals surface area contributed by atoms with Crippen LogP contribution in [0.15, 0.2) is 34.5 Å². The van der Waals surface area contributed by atoms with Crippen molar-refractivity contribution in [3.8, 4) is 11.5 Å². The fourth-order valence-electron chi connectivity index (χ4n) is 4.76. The predicted molar refractivity (Wildman–Crippen MR) is 114 cm³/mol. The average Bonchev–Trinajstić information content (AvgIpc) is 3.27. The number of nitrogens with zero attached hydrogens (tertiary/aromatic N) is 1. The van der Waals surface area contributed by atoms with Gasteiger partial charge in [0.1, 0.15) is 12.4 Å². The van der Waals surface area contributed by atoms with Gasteiger partial charge in [-0.05, 0) is 57.2 Å². The van der Waals surface area contributed by atoms with E-state index in [2.05, 4.69) is 4.99 Å². The molecule has 1 saturated heterocycles. The number of fused-ring (bicyclic) bond motifs is 1. The van der Waals surface area contributed by atoms with Gasteiger partial charge in [-0.25, -0.2) is 4.79 Å². The molecule has 0 radical (unpaired) electrons. The molecule has 3 atom stereocenters. The third-order valence-electron chi connectivity index (χ3n) is 6.19. The van der Waals surface area contributed by atoms with Crippen molar-refractivity contribution >= 4 is 17.5 Å². The van der Waals surface area contributed by atoms with Crippen LogP contribution in [0.25, 0.3) is 0 Å². The zero-order chi connectivity index (χ0) is 22.0. The quantitative estimate of drug-likeness (QED) is 0.696. The van der Waals surface area contributed by atoms with E-state index in [0.29, 0.717) is 36.7 Å². The van der Waals surface area contributed by atoms with Crippen molar-refractivity contribution < 1.29 is 28.9 Å². The minimum Gasteiger partial charge on any atom is -0.504 e. The first-order valence-electron chi connectivity index (χ1n) is 11.0. The Hall–Kier alpha value is -2.67. The number of allylic oxidation sites excluding steroid dienone is 1. The third kappa shape index (κ3) is 4.37. The van der Waals surface area contributed by atoms with Crippen LogP contribution in [0.1, 0.15) is 57.4 Å². The van der Waals surface area contributed by atoms with E-state index >= 15 is 0 Å². The van der Waals surface area contributed by atoms with Gasteiger partial charge in [0.15, 0.2) is 11.5 Å². The molecule has 0 bridgehead atoms. The number of Topliss-reactive ketones (excluding diaryl/α,β-unsaturated/α-hetero) is 1. The van der Waals surface area contributed by atoms with E-state index in [1.54, 1.807) is 25.1 Å². The summed E-state index contributed by atoms with van der Waals surface area (Å²) in [4.78, 5) is 30.8. The number of carbonyl (C=O) groups excluding carboxylic acids is 2. The van der Waals surface area contributed by atoms with Crippen LogP contribution in [0.3, 0.4) is 0 Å². The predicted octanol–water partition coefficient (Wildman–Crippen LogP) is 3.69. The lowest BCUT2D eigenvalue weighted by atomic mass is 9.69. The highest BCUT2D eigenvalue weighted by atomic mass is 16.6. The lowest BCUT2D eigenvalue weighted by molar-refractivity contribution is -0.142. The van der Waals surface area contributed by atoms with Gasteiger partial charge in [0.2, 0.25) is 0 Å². The minimum atomic E-state index is -0.517. The molecule has 1 saturated carbocycles. The van der Waals surface area contributed by atoms with Crippen molar-refractivity contribution in [1.82, 2.24) is 0 Å². The van der Waals surface area contributed by atoms with Gasteiger partial charge < -0.3 is 19.3 Å². The smallest absolute Gasteiger partial charge is 0.336 e. The molecule has 0 aromatic heterocycles. The molecule has 2 fully saturated rings. The van der Waals surface area contributed by atoms with Crippen molar-refractivity contribution in [2.45, 2.75) is 58.0 Å². The Bertz CT molecular complexity index is 928. The summed E-state index contributed by atoms with van der Waals surface area (Å²) >= 11 is 0. The Kier molecular flexibility index (Phi) is 6.41. The molecule has 1 aromatic rings. The zero-order valence-corrected chi connectivity index (χ0v) is 18.1. The summed E-state index contributed by atoms with van der Waals surface area (Å²) in [5, 5.41) is 10.1. The molecule has 0 amide bonds. The van der Waals surface area contributed by atoms with Gasteiger partial charge in [-0.15, -0.1) is 0 Å². The number of carbonyl (C=O) groups is 2. The van der Waals surface area contributed by atoms with Crippen LogP contribution in [0.5, 0.6) is 11.5 Å². The standard InChI is InChI=1S/C24H29NO6/c1-3-29-20-12-15(9-10-18(20)26)22-21(24(28)31-13-16-6-5-11-30-16)14(2)25-17-7-4-8-19(27)23(17)22/h9-10,12,16,22-23,26H,3-8,11,13H2,1-2H3/t16-,22-,23?/m0/s1. The van der Waals surface area contributed by atoms with E-state index in [-0.39, 0.29) is 24.2 Å². The molecular weight excluding hydrogens is 398 g/mol. The van der Waals surface area contributed by atoms with Crippen LogP contribution in [0, 0.1) is 5.92 Å². The molecule has 7 nitrogen and oxygen atoms in total. The summed E-state index contributed by atoms with van der Waals surface area (Å²) in [7, 11) is 0. The minimum absolute atomic E-state index is 0.0217. The van der Waals surface area contributed by atoms with E-state index in [0.717, 1.165) is 37.0 Å². The summed E-state index contributed by atoms with van der Waals surface area (Å²) in [5.74, 6) is -1.05. The van der Waals surface area contributed by atoms with Crippen molar-refractivity contribution in [2.75, 3.05) is 19.8 Å². The number of phenolic OH excluding ortho intramolecular Hbond substituents is 1. The number of aromatic hydroxyl groups is 1. The highest BCUT2D eigenvalue weighted by molar-refractivity contribution is 6.11. The Morgan fingerprint density at radius 1 is 1.26 bits per heavy atom. The van der Waals surface area contributed by atoms with Crippen LogP contribution in [-0.2, 0) is 19.1 Å². The van der Waals surface area contributed by atoms with Crippen LogP contribution in [-0.4, -0.2) is 48.5 Å². The SMILES string of the molecule is CCOc1cc([C@H]2C(C(=O)OC[C@@H]3CCCO3)=C(C)N=C3CCCC(=O)C32)ccc1O. The van der Waals surface area contributed by atoms with Gasteiger partial charge in [-0.3, -0.25) is 9.79 Å². The Balaban J connectivity index is 1.72. The van der Waals surface area contributed by atoms with Gasteiger partial charge in [-0.2, -0.15) is 0 Å². The van der Waals surface area contributed by atoms with Crippen LogP contribution < -0.4 is 4.74 Å². The van der Waals surface area contributed by atoms with Crippen molar-refractivity contribution in [1.29, 1.82) is 0 Å². The molecule has 1 aliphatic carbocycles. The molecule has 2 aliphatic heterocycles. The highest BCUT2D eigenvalue weighted by Gasteiger charge is 2.44. The first kappa shape index (κ1) is 21.6. The number of rotatable bonds is 6. The molecule has 1 N–H and O–H groups in total. The average molecular weight is 427 g/mol. The fraction of sp³-hybridized carbons (Fsp3) is 0.542.